The van der Waals surface area contributed by atoms with Crippen LogP contribution in [0.25, 0.3) is 0 Å². The zero-order valence-electron chi connectivity index (χ0n) is 62.1. The van der Waals surface area contributed by atoms with Crippen LogP contribution in [-0.2, 0) is 104 Å². The summed E-state index contributed by atoms with van der Waals surface area (Å²) < 4.78 is 102. The van der Waals surface area contributed by atoms with Crippen LogP contribution in [0.15, 0.2) is 0 Å². The summed E-state index contributed by atoms with van der Waals surface area (Å²) in [4.78, 5) is 63.6. The summed E-state index contributed by atoms with van der Waals surface area (Å²) in [5.41, 5.74) is 0. The first-order valence-corrected chi connectivity index (χ1v) is 36.6. The number of hydrogen-bond donors (Lipinski definition) is 29. The van der Waals surface area contributed by atoms with Crippen LogP contribution in [0.5, 0.6) is 0 Å². The number of ether oxygens (including phenoxy) is 17. The van der Waals surface area contributed by atoms with Crippen molar-refractivity contribution >= 4 is 29.5 Å². The molecule has 9 saturated heterocycles. The molecule has 664 valence electrons. The number of nitrogens with one attached hydrogen (secondary N) is 5. The number of aliphatic hydroxyl groups is 24. The minimum Gasteiger partial charge on any atom is -0.394 e. The second kappa shape index (κ2) is 41.5. The van der Waals surface area contributed by atoms with Crippen LogP contribution in [0.2, 0.25) is 0 Å². The molecule has 0 aromatic heterocycles. The van der Waals surface area contributed by atoms with Crippen LogP contribution in [-0.4, -0.2) is 488 Å². The van der Waals surface area contributed by atoms with Gasteiger partial charge in [0.15, 0.2) is 56.6 Å². The number of amides is 5. The molecule has 0 bridgehead atoms. The smallest absolute Gasteiger partial charge is 0.217 e. The number of rotatable bonds is 30. The van der Waals surface area contributed by atoms with Gasteiger partial charge in [-0.25, -0.2) is 0 Å². The molecule has 51 nitrogen and oxygen atoms in total. The molecule has 9 rings (SSSR count). The van der Waals surface area contributed by atoms with E-state index >= 15 is 0 Å². The first-order valence-electron chi connectivity index (χ1n) is 36.6. The summed E-state index contributed by atoms with van der Waals surface area (Å²) in [5, 5.41) is 281. The maximum absolute atomic E-state index is 13.3. The van der Waals surface area contributed by atoms with Crippen molar-refractivity contribution < 1.29 is 227 Å². The van der Waals surface area contributed by atoms with Crippen LogP contribution in [0.1, 0.15) is 34.6 Å². The van der Waals surface area contributed by atoms with E-state index in [1.807, 2.05) is 0 Å². The van der Waals surface area contributed by atoms with Gasteiger partial charge in [-0.2, -0.15) is 0 Å². The van der Waals surface area contributed by atoms with Crippen molar-refractivity contribution in [1.29, 1.82) is 0 Å². The summed E-state index contributed by atoms with van der Waals surface area (Å²) in [7, 11) is 0. The Hall–Kier alpha value is -4.29. The Labute approximate surface area is 651 Å². The number of carbonyl (C=O) groups excluding carboxylic acids is 5. The minimum atomic E-state index is -2.63. The number of hydrogen-bond acceptors (Lipinski definition) is 46. The van der Waals surface area contributed by atoms with Crippen molar-refractivity contribution in [3.63, 3.8) is 0 Å². The molecule has 9 heterocycles. The molecule has 51 heteroatoms. The molecule has 9 aliphatic heterocycles. The summed E-state index contributed by atoms with van der Waals surface area (Å²) in [5.74, 6) is -4.48. The quantitative estimate of drug-likeness (QED) is 0.0318. The fourth-order valence-electron chi connectivity index (χ4n) is 14.9. The second-order valence-electron chi connectivity index (χ2n) is 28.9. The normalized spacial score (nSPS) is 47.9. The topological polar surface area (TPSA) is 788 Å². The summed E-state index contributed by atoms with van der Waals surface area (Å²) in [6, 6.07) is -9.19. The largest absolute Gasteiger partial charge is 0.394 e. The van der Waals surface area contributed by atoms with E-state index in [0.29, 0.717) is 0 Å². The van der Waals surface area contributed by atoms with Gasteiger partial charge in [-0.15, -0.1) is 0 Å². The van der Waals surface area contributed by atoms with Crippen molar-refractivity contribution in [3.05, 3.63) is 0 Å². The van der Waals surface area contributed by atoms with E-state index < -0.39 is 365 Å². The van der Waals surface area contributed by atoms with E-state index in [2.05, 4.69) is 26.6 Å². The van der Waals surface area contributed by atoms with E-state index in [9.17, 15) is 147 Å². The third kappa shape index (κ3) is 21.3. The zero-order chi connectivity index (χ0) is 84.8. The fraction of sp³-hybridized carbons (Fsp3) is 0.922. The number of aliphatic hydroxyl groups excluding tert-OH is 24. The monoisotopic (exact) mass is 1680 g/mol. The van der Waals surface area contributed by atoms with E-state index in [-0.39, 0.29) is 0 Å². The van der Waals surface area contributed by atoms with Crippen molar-refractivity contribution in [2.75, 3.05) is 59.5 Å². The predicted octanol–water partition coefficient (Wildman–Crippen LogP) is -19.9. The van der Waals surface area contributed by atoms with Crippen LogP contribution in [0.4, 0.5) is 0 Å². The fourth-order valence-corrected chi connectivity index (χ4v) is 14.9. The molecule has 9 aliphatic rings. The molecule has 0 radical (unpaired) electrons. The molecule has 115 heavy (non-hydrogen) atoms. The van der Waals surface area contributed by atoms with E-state index in [4.69, 9.17) is 80.5 Å². The Morgan fingerprint density at radius 3 is 0.878 bits per heavy atom. The summed E-state index contributed by atoms with van der Waals surface area (Å²) >= 11 is 0. The average Bonchev–Trinajstić information content (AvgIpc) is 0.713. The van der Waals surface area contributed by atoms with Gasteiger partial charge in [-0.1, -0.05) is 0 Å². The molecular weight excluding hydrogens is 1570 g/mol. The van der Waals surface area contributed by atoms with Gasteiger partial charge in [0, 0.05) is 34.6 Å². The Bertz CT molecular complexity index is 3100. The maximum Gasteiger partial charge on any atom is 0.217 e. The molecule has 9 fully saturated rings. The average molecular weight is 1680 g/mol. The van der Waals surface area contributed by atoms with Gasteiger partial charge >= 0.3 is 0 Å². The van der Waals surface area contributed by atoms with Crippen molar-refractivity contribution in [2.45, 2.75) is 311 Å². The zero-order valence-corrected chi connectivity index (χ0v) is 62.1. The molecule has 0 unspecified atom stereocenters. The van der Waals surface area contributed by atoms with Crippen molar-refractivity contribution in [3.8, 4) is 0 Å². The molecular formula is C64H107N5O46. The minimum absolute atomic E-state index is 0.794. The van der Waals surface area contributed by atoms with Gasteiger partial charge in [0.05, 0.1) is 59.5 Å². The first kappa shape index (κ1) is 94.6. The molecule has 0 aromatic carbocycles. The molecule has 0 saturated carbocycles. The SMILES string of the molecule is CC(=O)N[C@@H]1[C@@H](O)[C@H](O[C@@H]2O[C@H](CO)[C@@H](O[C@@H]3O[C@H](CO[C@H]4O[C@H](CO)[C@@H](O)[C@H](O[C@H]5O[C@H](CO)[C@@H](O)[C@H](O)[C@@H]5O)[C@@H]4O)[C@@H](O)[C@H](O[C@H]4O[C@H](CO)[C@@H](O[C@@H]5O[C@H](CO)[C@@H](O)[C@H](O)[C@H]5NC(C)=O)[C@H](O)[C@@H]4O[C@@H]4O[C@H](CO)[C@@H](O[C@@H]5O[C@H](CO)[C@H](O)[C@H](O)[C@H]5NC(C)=O)[C@H](O)[C@H]4NC(C)=O)[C@@H]3O)[C@H](O)[C@H]2NC(C)=O)[C@@H](CO)O[C@H]1O. The Morgan fingerprint density at radius 2 is 0.478 bits per heavy atom. The van der Waals surface area contributed by atoms with Crippen LogP contribution >= 0.6 is 0 Å². The molecule has 45 atom stereocenters. The van der Waals surface area contributed by atoms with Gasteiger partial charge < -0.3 is 230 Å². The Morgan fingerprint density at radius 1 is 0.226 bits per heavy atom. The van der Waals surface area contributed by atoms with Crippen molar-refractivity contribution in [2.24, 2.45) is 0 Å². The third-order valence-electron chi connectivity index (χ3n) is 20.8. The first-order chi connectivity index (χ1) is 54.4. The Kier molecular flexibility index (Phi) is 34.1. The van der Waals surface area contributed by atoms with E-state index in [1.165, 1.54) is 0 Å². The summed E-state index contributed by atoms with van der Waals surface area (Å²) in [6.07, 6.45) is -84.1. The lowest BCUT2D eigenvalue weighted by Gasteiger charge is -2.52. The highest BCUT2D eigenvalue weighted by Crippen LogP contribution is 2.40. The van der Waals surface area contributed by atoms with Crippen LogP contribution < -0.4 is 26.6 Å². The van der Waals surface area contributed by atoms with Crippen LogP contribution in [0, 0.1) is 0 Å². The predicted molar refractivity (Wildman–Crippen MR) is 355 cm³/mol. The lowest BCUT2D eigenvalue weighted by molar-refractivity contribution is -0.404. The highest BCUT2D eigenvalue weighted by atomic mass is 16.8. The molecule has 29 N–H and O–H groups in total. The van der Waals surface area contributed by atoms with Gasteiger partial charge in [0.25, 0.3) is 0 Å². The third-order valence-corrected chi connectivity index (χ3v) is 20.8. The van der Waals surface area contributed by atoms with Crippen LogP contribution in [0.3, 0.4) is 0 Å². The highest BCUT2D eigenvalue weighted by molar-refractivity contribution is 5.75. The summed E-state index contributed by atoms with van der Waals surface area (Å²) in [6.45, 7) is -5.20. The standard InChI is InChI=1S/C64H107N5O46/c1-15(78)65-29-41(90)49(24(10-74)100-56(29)98)109-59-32(68-18(4)81)43(92)51(26(12-76)105-59)112-63-48(97)54(38(87)28(108-63)14-99-61-47(96)53(37(86)23(9-73)103-61)113-62-45(94)44(93)36(85)22(8-72)104-62)114-64-55(46(95)52(27(13-77)107-64)111-58-31(67-17(3)80)40(89)35(84)21(7-71)102-58)115-60-33(69-19(5)82)42(91)50(25(11-75)106-60)110-57-30(66-16(2)79)39(88)34(83)20(6-70)101-57/h20-64,70-77,83-98H,6-14H2,1-5H3,(H,65,78)(H,66,79)(H,67,80)(H,68,81)(H,69,82)/t20-,21-,22-,23-,24-,25-,26-,27-,28-,29-,30-,31-,32-,33-,34+,35-,36-,37-,38-,39-,40-,41-,42-,43-,44+,45+,46+,47+,48+,49-,50-,51-,52-,53+,54+,55+,56-,57+,58+,59+,60+,61+,62-,63+,64-/m1/s1. The van der Waals surface area contributed by atoms with Gasteiger partial charge in [0.1, 0.15) is 219 Å². The van der Waals surface area contributed by atoms with Gasteiger partial charge in [-0.3, -0.25) is 24.0 Å². The van der Waals surface area contributed by atoms with Gasteiger partial charge in [-0.05, 0) is 0 Å². The second-order valence-corrected chi connectivity index (χ2v) is 28.9. The van der Waals surface area contributed by atoms with E-state index in [1.54, 1.807) is 0 Å². The Balaban J connectivity index is 1.11. The lowest BCUT2D eigenvalue weighted by atomic mass is 9.93. The highest BCUT2D eigenvalue weighted by Gasteiger charge is 2.62. The molecule has 0 aliphatic carbocycles. The maximum atomic E-state index is 13.3. The molecule has 0 aromatic rings. The number of carbonyl (C=O) groups is 5. The lowest BCUT2D eigenvalue weighted by Crippen LogP contribution is -2.71. The van der Waals surface area contributed by atoms with E-state index in [0.717, 1.165) is 34.6 Å². The van der Waals surface area contributed by atoms with Crippen molar-refractivity contribution in [1.82, 2.24) is 26.6 Å². The van der Waals surface area contributed by atoms with Gasteiger partial charge in [0.2, 0.25) is 29.5 Å². The molecule has 0 spiro atoms. The molecule has 5 amide bonds.